The summed E-state index contributed by atoms with van der Waals surface area (Å²) in [7, 11) is 0. The number of pyridine rings is 1. The van der Waals surface area contributed by atoms with Crippen LogP contribution in [0.2, 0.25) is 0 Å². The van der Waals surface area contributed by atoms with E-state index in [2.05, 4.69) is 34.6 Å². The van der Waals surface area contributed by atoms with Gasteiger partial charge >= 0.3 is 6.03 Å². The molecule has 3 rings (SSSR count). The minimum Gasteiger partial charge on any atom is -0.334 e. The van der Waals surface area contributed by atoms with E-state index in [1.165, 1.54) is 0 Å². The zero-order valence-corrected chi connectivity index (χ0v) is 15.7. The highest BCUT2D eigenvalue weighted by atomic mass is 16.2. The third kappa shape index (κ3) is 5.41. The van der Waals surface area contributed by atoms with Crippen LogP contribution in [0.15, 0.2) is 67.1 Å². The van der Waals surface area contributed by atoms with Gasteiger partial charge in [-0.05, 0) is 41.7 Å². The van der Waals surface area contributed by atoms with Crippen LogP contribution < -0.4 is 10.6 Å². The van der Waals surface area contributed by atoms with Crippen LogP contribution in [0.4, 0.5) is 4.79 Å². The lowest BCUT2D eigenvalue weighted by molar-refractivity contribution is 0.234. The van der Waals surface area contributed by atoms with E-state index in [0.717, 1.165) is 23.4 Å². The maximum atomic E-state index is 12.4. The summed E-state index contributed by atoms with van der Waals surface area (Å²) >= 11 is 0. The van der Waals surface area contributed by atoms with Crippen molar-refractivity contribution in [3.63, 3.8) is 0 Å². The lowest BCUT2D eigenvalue weighted by atomic mass is 9.97. The Hall–Kier alpha value is -3.15. The van der Waals surface area contributed by atoms with Crippen molar-refractivity contribution < 1.29 is 4.79 Å². The van der Waals surface area contributed by atoms with Crippen molar-refractivity contribution in [3.05, 3.63) is 78.2 Å². The van der Waals surface area contributed by atoms with Gasteiger partial charge in [0, 0.05) is 25.1 Å². The molecule has 3 aromatic rings. The average molecular weight is 363 g/mol. The predicted molar refractivity (Wildman–Crippen MR) is 105 cm³/mol. The molecule has 140 valence electrons. The molecule has 0 saturated heterocycles. The summed E-state index contributed by atoms with van der Waals surface area (Å²) in [4.78, 5) is 16.7. The molecular formula is C21H25N5O. The summed E-state index contributed by atoms with van der Waals surface area (Å²) in [6.07, 6.45) is 6.15. The van der Waals surface area contributed by atoms with Gasteiger partial charge in [-0.1, -0.05) is 44.2 Å². The van der Waals surface area contributed by atoms with E-state index in [9.17, 15) is 4.79 Å². The first-order valence-electron chi connectivity index (χ1n) is 9.16. The molecule has 2 N–H and O–H groups in total. The van der Waals surface area contributed by atoms with Crippen LogP contribution in [-0.4, -0.2) is 20.8 Å². The standard InChI is InChI=1S/C21H25N5O/c1-16(2)13-19(18-7-4-3-5-8-18)25-21(27)23-15-17-9-11-22-20(14-17)26-12-6-10-24-26/h3-12,14,16,19H,13,15H2,1-2H3,(H2,23,25,27). The molecule has 0 saturated carbocycles. The second kappa shape index (κ2) is 8.98. The third-order valence-electron chi connectivity index (χ3n) is 4.22. The first-order chi connectivity index (χ1) is 13.1. The number of carbonyl (C=O) groups excluding carboxylic acids is 1. The highest BCUT2D eigenvalue weighted by Crippen LogP contribution is 2.20. The fraction of sp³-hybridized carbons (Fsp3) is 0.286. The van der Waals surface area contributed by atoms with E-state index in [0.29, 0.717) is 12.5 Å². The summed E-state index contributed by atoms with van der Waals surface area (Å²) in [6.45, 7) is 4.73. The van der Waals surface area contributed by atoms with E-state index in [1.807, 2.05) is 54.7 Å². The summed E-state index contributed by atoms with van der Waals surface area (Å²) in [5.74, 6) is 1.20. The molecule has 0 radical (unpaired) electrons. The number of urea groups is 1. The predicted octanol–water partition coefficient (Wildman–Crippen LogP) is 3.85. The first-order valence-corrected chi connectivity index (χ1v) is 9.16. The maximum Gasteiger partial charge on any atom is 0.315 e. The Morgan fingerprint density at radius 3 is 2.63 bits per heavy atom. The van der Waals surface area contributed by atoms with Crippen molar-refractivity contribution >= 4 is 6.03 Å². The van der Waals surface area contributed by atoms with E-state index >= 15 is 0 Å². The topological polar surface area (TPSA) is 71.8 Å². The summed E-state index contributed by atoms with van der Waals surface area (Å²) in [6, 6.07) is 15.5. The largest absolute Gasteiger partial charge is 0.334 e. The second-order valence-electron chi connectivity index (χ2n) is 6.89. The summed E-state index contributed by atoms with van der Waals surface area (Å²) in [5, 5.41) is 10.2. The smallest absolute Gasteiger partial charge is 0.315 e. The molecule has 1 atom stereocenters. The molecule has 1 aromatic carbocycles. The van der Waals surface area contributed by atoms with Crippen molar-refractivity contribution in [3.8, 4) is 5.82 Å². The van der Waals surface area contributed by atoms with Gasteiger partial charge in [-0.15, -0.1) is 0 Å². The van der Waals surface area contributed by atoms with Crippen LogP contribution in [0.5, 0.6) is 0 Å². The number of carbonyl (C=O) groups is 1. The molecule has 0 aliphatic heterocycles. The SMILES string of the molecule is CC(C)CC(NC(=O)NCc1ccnc(-n2cccn2)c1)c1ccccc1. The summed E-state index contributed by atoms with van der Waals surface area (Å²) in [5.41, 5.74) is 2.08. The molecule has 27 heavy (non-hydrogen) atoms. The van der Waals surface area contributed by atoms with E-state index < -0.39 is 0 Å². The van der Waals surface area contributed by atoms with Gasteiger partial charge in [0.15, 0.2) is 5.82 Å². The van der Waals surface area contributed by atoms with Gasteiger partial charge < -0.3 is 10.6 Å². The molecular weight excluding hydrogens is 338 g/mol. The Labute approximate surface area is 159 Å². The Morgan fingerprint density at radius 1 is 1.11 bits per heavy atom. The van der Waals surface area contributed by atoms with Gasteiger partial charge in [-0.2, -0.15) is 5.10 Å². The quantitative estimate of drug-likeness (QED) is 0.670. The summed E-state index contributed by atoms with van der Waals surface area (Å²) < 4.78 is 1.69. The first kappa shape index (κ1) is 18.6. The van der Waals surface area contributed by atoms with Crippen molar-refractivity contribution in [2.45, 2.75) is 32.9 Å². The number of rotatable bonds is 7. The fourth-order valence-corrected chi connectivity index (χ4v) is 2.93. The van der Waals surface area contributed by atoms with Gasteiger partial charge in [0.1, 0.15) is 0 Å². The molecule has 0 fully saturated rings. The van der Waals surface area contributed by atoms with Crippen molar-refractivity contribution in [1.29, 1.82) is 0 Å². The molecule has 6 heteroatoms. The molecule has 1 unspecified atom stereocenters. The Morgan fingerprint density at radius 2 is 1.93 bits per heavy atom. The Bertz CT molecular complexity index is 846. The third-order valence-corrected chi connectivity index (χ3v) is 4.22. The number of hydrogen-bond acceptors (Lipinski definition) is 3. The number of nitrogens with zero attached hydrogens (tertiary/aromatic N) is 3. The molecule has 0 aliphatic carbocycles. The fourth-order valence-electron chi connectivity index (χ4n) is 2.93. The Balaban J connectivity index is 1.60. The highest BCUT2D eigenvalue weighted by Gasteiger charge is 2.15. The maximum absolute atomic E-state index is 12.4. The minimum absolute atomic E-state index is 0.0109. The van der Waals surface area contributed by atoms with Gasteiger partial charge in [0.2, 0.25) is 0 Å². The van der Waals surface area contributed by atoms with Crippen LogP contribution in [0.25, 0.3) is 5.82 Å². The molecule has 2 heterocycles. The lowest BCUT2D eigenvalue weighted by Crippen LogP contribution is -2.38. The Kier molecular flexibility index (Phi) is 6.20. The lowest BCUT2D eigenvalue weighted by Gasteiger charge is -2.21. The zero-order valence-electron chi connectivity index (χ0n) is 15.7. The van der Waals surface area contributed by atoms with Crippen LogP contribution >= 0.6 is 0 Å². The number of aromatic nitrogens is 3. The van der Waals surface area contributed by atoms with E-state index in [4.69, 9.17) is 0 Å². The van der Waals surface area contributed by atoms with Crippen LogP contribution in [-0.2, 0) is 6.54 Å². The van der Waals surface area contributed by atoms with Crippen LogP contribution in [0.3, 0.4) is 0 Å². The molecule has 6 nitrogen and oxygen atoms in total. The molecule has 0 bridgehead atoms. The monoisotopic (exact) mass is 363 g/mol. The van der Waals surface area contributed by atoms with Gasteiger partial charge in [0.05, 0.1) is 6.04 Å². The van der Waals surface area contributed by atoms with E-state index in [1.54, 1.807) is 17.1 Å². The highest BCUT2D eigenvalue weighted by molar-refractivity contribution is 5.74. The van der Waals surface area contributed by atoms with Crippen molar-refractivity contribution in [1.82, 2.24) is 25.4 Å². The number of nitrogens with one attached hydrogen (secondary N) is 2. The molecule has 0 aliphatic rings. The molecule has 0 spiro atoms. The van der Waals surface area contributed by atoms with Gasteiger partial charge in [-0.25, -0.2) is 14.5 Å². The number of amides is 2. The minimum atomic E-state index is -0.179. The van der Waals surface area contributed by atoms with E-state index in [-0.39, 0.29) is 12.1 Å². The number of benzene rings is 1. The normalized spacial score (nSPS) is 12.0. The van der Waals surface area contributed by atoms with Crippen LogP contribution in [0, 0.1) is 5.92 Å². The van der Waals surface area contributed by atoms with Crippen molar-refractivity contribution in [2.75, 3.05) is 0 Å². The van der Waals surface area contributed by atoms with Gasteiger partial charge in [0.25, 0.3) is 0 Å². The zero-order chi connectivity index (χ0) is 19.1. The van der Waals surface area contributed by atoms with Gasteiger partial charge in [-0.3, -0.25) is 0 Å². The van der Waals surface area contributed by atoms with Crippen LogP contribution in [0.1, 0.15) is 37.4 Å². The number of hydrogen-bond donors (Lipinski definition) is 2. The molecule has 2 amide bonds. The second-order valence-corrected chi connectivity index (χ2v) is 6.89. The van der Waals surface area contributed by atoms with Crippen molar-refractivity contribution in [2.24, 2.45) is 5.92 Å². The molecule has 2 aromatic heterocycles. The average Bonchev–Trinajstić information content (AvgIpc) is 3.21.